The van der Waals surface area contributed by atoms with Gasteiger partial charge in [-0.2, -0.15) is 13.2 Å². The molecule has 1 unspecified atom stereocenters. The van der Waals surface area contributed by atoms with Crippen LogP contribution < -0.4 is 21.7 Å². The molecule has 1 atom stereocenters. The summed E-state index contributed by atoms with van der Waals surface area (Å²) >= 11 is 0. The van der Waals surface area contributed by atoms with Gasteiger partial charge in [-0.15, -0.1) is 0 Å². The zero-order valence-corrected chi connectivity index (χ0v) is 22.9. The lowest BCUT2D eigenvalue weighted by atomic mass is 10.0. The predicted octanol–water partition coefficient (Wildman–Crippen LogP) is 5.83. The molecular weight excluding hydrogens is 550 g/mol. The first-order valence-electron chi connectivity index (χ1n) is 13.7. The number of anilines is 3. The summed E-state index contributed by atoms with van der Waals surface area (Å²) in [4.78, 5) is 27.9. The lowest BCUT2D eigenvalue weighted by Crippen LogP contribution is -2.40. The maximum absolute atomic E-state index is 14.1. The van der Waals surface area contributed by atoms with Crippen molar-refractivity contribution in [3.05, 3.63) is 95.3 Å². The van der Waals surface area contributed by atoms with Gasteiger partial charge in [0.15, 0.2) is 0 Å². The molecule has 1 saturated heterocycles. The van der Waals surface area contributed by atoms with E-state index in [-0.39, 0.29) is 11.6 Å². The zero-order valence-electron chi connectivity index (χ0n) is 22.9. The number of amides is 2. The average molecular weight is 584 g/mol. The van der Waals surface area contributed by atoms with Gasteiger partial charge in [0.05, 0.1) is 16.9 Å². The second kappa shape index (κ2) is 14.1. The van der Waals surface area contributed by atoms with Gasteiger partial charge >= 0.3 is 6.18 Å². The number of hydrogen-bond donors (Lipinski definition) is 4. The summed E-state index contributed by atoms with van der Waals surface area (Å²) in [6, 6.07) is 15.2. The maximum atomic E-state index is 14.1. The molecule has 4 rings (SSSR count). The third kappa shape index (κ3) is 8.64. The van der Waals surface area contributed by atoms with Crippen LogP contribution in [-0.2, 0) is 15.8 Å². The van der Waals surface area contributed by atoms with Crippen molar-refractivity contribution in [1.82, 2.24) is 10.2 Å². The van der Waals surface area contributed by atoms with Crippen LogP contribution >= 0.6 is 0 Å². The van der Waals surface area contributed by atoms with Crippen molar-refractivity contribution in [1.29, 1.82) is 0 Å². The molecule has 0 saturated carbocycles. The molecule has 0 bridgehead atoms. The van der Waals surface area contributed by atoms with E-state index in [1.54, 1.807) is 54.6 Å². The Bertz CT molecular complexity index is 1400. The van der Waals surface area contributed by atoms with E-state index in [0.717, 1.165) is 38.5 Å². The number of likely N-dealkylation sites (tertiary alicyclic amines) is 1. The second-order valence-electron chi connectivity index (χ2n) is 10.0. The number of nitrogens with zero attached hydrogens (tertiary/aromatic N) is 1. The standard InChI is InChI=1S/C31H33F4N5O2/c32-25-20-23(13-14-24(25)31(33,34)35)38-30(42)29(37-16-19-40-17-4-1-5-18-40)22-11-8-21(9-12-22)10-15-28(41)39-27-7-3-2-6-26(27)36/h2-3,6-15,20,29,37H,1,4-5,16-19,36H2,(H,38,42)(H,39,41). The van der Waals surface area contributed by atoms with Crippen LogP contribution in [0.3, 0.4) is 0 Å². The third-order valence-corrected chi connectivity index (χ3v) is 6.95. The number of hydrogen-bond acceptors (Lipinski definition) is 5. The van der Waals surface area contributed by atoms with Gasteiger partial charge in [0.1, 0.15) is 11.9 Å². The topological polar surface area (TPSA) is 99.5 Å². The van der Waals surface area contributed by atoms with Crippen LogP contribution in [0.2, 0.25) is 0 Å². The number of piperidine rings is 1. The number of para-hydroxylation sites is 2. The van der Waals surface area contributed by atoms with Crippen molar-refractivity contribution in [3.63, 3.8) is 0 Å². The number of halogens is 4. The van der Waals surface area contributed by atoms with E-state index in [0.29, 0.717) is 41.2 Å². The fraction of sp³-hybridized carbons (Fsp3) is 0.290. The molecule has 0 aromatic heterocycles. The summed E-state index contributed by atoms with van der Waals surface area (Å²) in [5, 5.41) is 8.47. The van der Waals surface area contributed by atoms with E-state index in [2.05, 4.69) is 20.9 Å². The van der Waals surface area contributed by atoms with Crippen LogP contribution in [0, 0.1) is 5.82 Å². The molecule has 1 fully saturated rings. The number of nitrogens with one attached hydrogen (secondary N) is 3. The van der Waals surface area contributed by atoms with Crippen LogP contribution in [0.15, 0.2) is 72.8 Å². The van der Waals surface area contributed by atoms with Crippen LogP contribution in [0.5, 0.6) is 0 Å². The highest BCUT2D eigenvalue weighted by Crippen LogP contribution is 2.32. The van der Waals surface area contributed by atoms with Gasteiger partial charge in [-0.05, 0) is 73.5 Å². The summed E-state index contributed by atoms with van der Waals surface area (Å²) in [6.07, 6.45) is 1.58. The normalized spacial score (nSPS) is 15.0. The maximum Gasteiger partial charge on any atom is 0.419 e. The number of nitrogen functional groups attached to an aromatic ring is 1. The number of carbonyl (C=O) groups is 2. The smallest absolute Gasteiger partial charge is 0.397 e. The lowest BCUT2D eigenvalue weighted by molar-refractivity contribution is -0.140. The van der Waals surface area contributed by atoms with Gasteiger partial charge in [-0.3, -0.25) is 9.59 Å². The molecule has 0 radical (unpaired) electrons. The molecule has 5 N–H and O–H groups in total. The summed E-state index contributed by atoms with van der Waals surface area (Å²) in [5.74, 6) is -2.38. The van der Waals surface area contributed by atoms with Crippen molar-refractivity contribution in [2.75, 3.05) is 42.5 Å². The van der Waals surface area contributed by atoms with E-state index in [9.17, 15) is 27.2 Å². The van der Waals surface area contributed by atoms with E-state index in [1.165, 1.54) is 12.5 Å². The largest absolute Gasteiger partial charge is 0.419 e. The molecule has 222 valence electrons. The van der Waals surface area contributed by atoms with Crippen molar-refractivity contribution in [3.8, 4) is 0 Å². The molecule has 3 aromatic rings. The highest BCUT2D eigenvalue weighted by Gasteiger charge is 2.34. The molecule has 1 aliphatic heterocycles. The highest BCUT2D eigenvalue weighted by molar-refractivity contribution is 6.03. The molecule has 1 heterocycles. The Hall–Kier alpha value is -4.22. The van der Waals surface area contributed by atoms with Crippen molar-refractivity contribution >= 4 is 35.0 Å². The minimum Gasteiger partial charge on any atom is -0.397 e. The SMILES string of the molecule is Nc1ccccc1NC(=O)C=Cc1ccc(C(NCCN2CCCCC2)C(=O)Nc2ccc(C(F)(F)F)c(F)c2)cc1. The fourth-order valence-corrected chi connectivity index (χ4v) is 4.71. The van der Waals surface area contributed by atoms with Gasteiger partial charge in [-0.25, -0.2) is 4.39 Å². The number of alkyl halides is 3. The molecular formula is C31H33F4N5O2. The Labute approximate surface area is 241 Å². The molecule has 2 amide bonds. The van der Waals surface area contributed by atoms with Gasteiger partial charge in [0.2, 0.25) is 11.8 Å². The quantitative estimate of drug-likeness (QED) is 0.137. The van der Waals surface area contributed by atoms with E-state index < -0.39 is 29.5 Å². The summed E-state index contributed by atoms with van der Waals surface area (Å²) in [5.41, 5.74) is 6.61. The second-order valence-corrected chi connectivity index (χ2v) is 10.0. The van der Waals surface area contributed by atoms with Crippen LogP contribution in [0.4, 0.5) is 34.6 Å². The van der Waals surface area contributed by atoms with Crippen molar-refractivity contribution in [2.24, 2.45) is 0 Å². The van der Waals surface area contributed by atoms with Crippen LogP contribution in [-0.4, -0.2) is 42.9 Å². The summed E-state index contributed by atoms with van der Waals surface area (Å²) < 4.78 is 53.0. The molecule has 0 aliphatic carbocycles. The minimum absolute atomic E-state index is 0.0852. The molecule has 42 heavy (non-hydrogen) atoms. The van der Waals surface area contributed by atoms with Crippen molar-refractivity contribution in [2.45, 2.75) is 31.5 Å². The Morgan fingerprint density at radius 3 is 2.33 bits per heavy atom. The molecule has 7 nitrogen and oxygen atoms in total. The van der Waals surface area contributed by atoms with E-state index in [1.807, 2.05) is 0 Å². The number of nitrogens with two attached hydrogens (primary N) is 1. The van der Waals surface area contributed by atoms with E-state index in [4.69, 9.17) is 5.73 Å². The average Bonchev–Trinajstić information content (AvgIpc) is 2.96. The summed E-state index contributed by atoms with van der Waals surface area (Å²) in [7, 11) is 0. The Balaban J connectivity index is 1.45. The number of carbonyl (C=O) groups excluding carboxylic acids is 2. The first-order chi connectivity index (χ1) is 20.1. The third-order valence-electron chi connectivity index (χ3n) is 6.95. The fourth-order valence-electron chi connectivity index (χ4n) is 4.71. The molecule has 1 aliphatic rings. The monoisotopic (exact) mass is 583 g/mol. The van der Waals surface area contributed by atoms with E-state index >= 15 is 0 Å². The van der Waals surface area contributed by atoms with Gasteiger partial charge < -0.3 is 26.6 Å². The number of benzene rings is 3. The van der Waals surface area contributed by atoms with Crippen molar-refractivity contribution < 1.29 is 27.2 Å². The highest BCUT2D eigenvalue weighted by atomic mass is 19.4. The Kier molecular flexibility index (Phi) is 10.3. The van der Waals surface area contributed by atoms with Gasteiger partial charge in [0, 0.05) is 24.9 Å². The minimum atomic E-state index is -4.84. The Morgan fingerprint density at radius 2 is 1.67 bits per heavy atom. The first-order valence-corrected chi connectivity index (χ1v) is 13.7. The predicted molar refractivity (Wildman–Crippen MR) is 156 cm³/mol. The van der Waals surface area contributed by atoms with Crippen LogP contribution in [0.25, 0.3) is 6.08 Å². The zero-order chi connectivity index (χ0) is 30.1. The summed E-state index contributed by atoms with van der Waals surface area (Å²) in [6.45, 7) is 3.17. The number of rotatable bonds is 10. The molecule has 0 spiro atoms. The van der Waals surface area contributed by atoms with Crippen LogP contribution in [0.1, 0.15) is 42.0 Å². The van der Waals surface area contributed by atoms with Gasteiger partial charge in [-0.1, -0.05) is 42.8 Å². The molecule has 3 aromatic carbocycles. The first kappa shape index (κ1) is 30.7. The van der Waals surface area contributed by atoms with Gasteiger partial charge in [0.25, 0.3) is 0 Å². The lowest BCUT2D eigenvalue weighted by Gasteiger charge is -2.27. The Morgan fingerprint density at radius 1 is 0.952 bits per heavy atom. The molecule has 11 heteroatoms.